The second kappa shape index (κ2) is 6.73. The van der Waals surface area contributed by atoms with Crippen LogP contribution in [0.2, 0.25) is 0 Å². The standard InChI is InChI=1S/C8H2F17N.Zn/c9-1(10,3(13,14)5(17,18)7(20,21)22)2(11,12)4(15,16)6(19,26)8(23,24)25;/h26H2;/q;+2. The Bertz CT molecular complexity index is 480. The molecule has 0 aromatic carbocycles. The van der Waals surface area contributed by atoms with E-state index in [0.29, 0.717) is 0 Å². The third-order valence-corrected chi connectivity index (χ3v) is 2.80. The van der Waals surface area contributed by atoms with Crippen molar-refractivity contribution >= 4 is 0 Å². The smallest absolute Gasteiger partial charge is 0.286 e. The van der Waals surface area contributed by atoms with E-state index in [4.69, 9.17) is 0 Å². The Morgan fingerprint density at radius 3 is 0.778 bits per heavy atom. The maximum absolute atomic E-state index is 12.9. The van der Waals surface area contributed by atoms with Crippen LogP contribution in [0.1, 0.15) is 0 Å². The fraction of sp³-hybridized carbons (Fsp3) is 1.00. The van der Waals surface area contributed by atoms with Gasteiger partial charge in [0, 0.05) is 0 Å². The van der Waals surface area contributed by atoms with Gasteiger partial charge in [0.2, 0.25) is 0 Å². The van der Waals surface area contributed by atoms with Crippen LogP contribution in [-0.4, -0.2) is 47.8 Å². The summed E-state index contributed by atoms with van der Waals surface area (Å²) in [5, 5.41) is 0. The molecule has 0 fully saturated rings. The second-order valence-electron chi connectivity index (χ2n) is 4.58. The van der Waals surface area contributed by atoms with Crippen molar-refractivity contribution in [3.05, 3.63) is 0 Å². The first kappa shape index (κ1) is 28.6. The normalized spacial score (nSPS) is 18.0. The molecule has 158 valence electrons. The van der Waals surface area contributed by atoms with Crippen LogP contribution in [0, 0.1) is 0 Å². The van der Waals surface area contributed by atoms with Gasteiger partial charge in [0.25, 0.3) is 0 Å². The molecule has 0 spiro atoms. The summed E-state index contributed by atoms with van der Waals surface area (Å²) in [6.45, 7) is 0. The minimum atomic E-state index is -8.56. The Kier molecular flexibility index (Phi) is 7.13. The van der Waals surface area contributed by atoms with Crippen LogP contribution in [-0.2, 0) is 19.5 Å². The van der Waals surface area contributed by atoms with Crippen LogP contribution in [0.4, 0.5) is 74.6 Å². The zero-order chi connectivity index (χ0) is 22.0. The van der Waals surface area contributed by atoms with Crippen molar-refractivity contribution in [3.63, 3.8) is 0 Å². The van der Waals surface area contributed by atoms with Gasteiger partial charge in [-0.15, -0.1) is 0 Å². The topological polar surface area (TPSA) is 26.0 Å². The Morgan fingerprint density at radius 1 is 0.333 bits per heavy atom. The van der Waals surface area contributed by atoms with Crippen LogP contribution in [0.25, 0.3) is 0 Å². The third kappa shape index (κ3) is 3.57. The van der Waals surface area contributed by atoms with Gasteiger partial charge in [0.15, 0.2) is 0 Å². The molecule has 0 aliphatic heterocycles. The van der Waals surface area contributed by atoms with Crippen LogP contribution in [0.5, 0.6) is 0 Å². The molecule has 1 atom stereocenters. The van der Waals surface area contributed by atoms with E-state index in [1.165, 1.54) is 0 Å². The molecule has 0 radical (unpaired) electrons. The fourth-order valence-electron chi connectivity index (χ4n) is 1.18. The average Bonchev–Trinajstić information content (AvgIpc) is 2.34. The van der Waals surface area contributed by atoms with Crippen molar-refractivity contribution in [2.24, 2.45) is 5.73 Å². The van der Waals surface area contributed by atoms with Gasteiger partial charge in [-0.3, -0.25) is 5.73 Å². The summed E-state index contributed by atoms with van der Waals surface area (Å²) in [5.41, 5.74) is 3.08. The van der Waals surface area contributed by atoms with Crippen LogP contribution in [0.3, 0.4) is 0 Å². The predicted octanol–water partition coefficient (Wildman–Crippen LogP) is 4.91. The van der Waals surface area contributed by atoms with Crippen molar-refractivity contribution in [2.45, 2.75) is 47.8 Å². The van der Waals surface area contributed by atoms with Crippen LogP contribution < -0.4 is 5.73 Å². The molecule has 1 nitrogen and oxygen atoms in total. The van der Waals surface area contributed by atoms with Crippen molar-refractivity contribution in [3.8, 4) is 0 Å². The Labute approximate surface area is 148 Å². The molecular formula is C8H2F17NZn+2. The summed E-state index contributed by atoms with van der Waals surface area (Å²) in [7, 11) is 0. The van der Waals surface area contributed by atoms with Gasteiger partial charge in [0.1, 0.15) is 0 Å². The molecule has 1 unspecified atom stereocenters. The van der Waals surface area contributed by atoms with E-state index >= 15 is 0 Å². The molecule has 0 rings (SSSR count). The first-order chi connectivity index (χ1) is 10.8. The predicted molar refractivity (Wildman–Crippen MR) is 44.9 cm³/mol. The summed E-state index contributed by atoms with van der Waals surface area (Å²) in [6.07, 6.45) is -15.1. The molecule has 0 aliphatic carbocycles. The van der Waals surface area contributed by atoms with Gasteiger partial charge in [0.05, 0.1) is 0 Å². The molecule has 0 aromatic rings. The fourth-order valence-corrected chi connectivity index (χ4v) is 1.18. The summed E-state index contributed by atoms with van der Waals surface area (Å²) in [6, 6.07) is 0. The molecule has 0 bridgehead atoms. The van der Waals surface area contributed by atoms with E-state index in [2.05, 4.69) is 5.73 Å². The zero-order valence-corrected chi connectivity index (χ0v) is 14.7. The molecule has 19 heteroatoms. The summed E-state index contributed by atoms with van der Waals surface area (Å²) < 4.78 is 211. The molecule has 0 amide bonds. The quantitative estimate of drug-likeness (QED) is 0.324. The van der Waals surface area contributed by atoms with Crippen molar-refractivity contribution in [1.29, 1.82) is 0 Å². The number of hydrogen-bond acceptors (Lipinski definition) is 1. The van der Waals surface area contributed by atoms with Gasteiger partial charge in [-0.1, -0.05) is 0 Å². The molecule has 2 N–H and O–H groups in total. The van der Waals surface area contributed by atoms with Gasteiger partial charge in [-0.2, -0.15) is 70.2 Å². The average molecular weight is 500 g/mol. The van der Waals surface area contributed by atoms with Crippen LogP contribution in [0.15, 0.2) is 0 Å². The van der Waals surface area contributed by atoms with Crippen LogP contribution >= 0.6 is 0 Å². The first-order valence-electron chi connectivity index (χ1n) is 5.25. The third-order valence-electron chi connectivity index (χ3n) is 2.80. The SMILES string of the molecule is NC(F)(C(F)(F)F)C(F)(F)C(F)(F)C(F)(F)C(F)(F)C(F)(F)C(F)(F)F.[Zn+2]. The van der Waals surface area contributed by atoms with Gasteiger partial charge < -0.3 is 0 Å². The maximum atomic E-state index is 12.9. The van der Waals surface area contributed by atoms with E-state index in [9.17, 15) is 74.6 Å². The van der Waals surface area contributed by atoms with E-state index in [0.717, 1.165) is 0 Å². The number of nitrogens with two attached hydrogens (primary N) is 1. The Hall–Kier alpha value is -0.607. The Morgan fingerprint density at radius 2 is 0.556 bits per heavy atom. The van der Waals surface area contributed by atoms with E-state index in [1.54, 1.807) is 0 Å². The maximum Gasteiger partial charge on any atom is 2.00 e. The molecular weight excluding hydrogens is 498 g/mol. The minimum absolute atomic E-state index is 0. The summed E-state index contributed by atoms with van der Waals surface area (Å²) >= 11 is 0. The van der Waals surface area contributed by atoms with Gasteiger partial charge in [-0.05, 0) is 0 Å². The van der Waals surface area contributed by atoms with Gasteiger partial charge in [-0.25, -0.2) is 4.39 Å². The molecule has 0 aromatic heterocycles. The number of halogens is 17. The monoisotopic (exact) mass is 499 g/mol. The number of rotatable bonds is 5. The van der Waals surface area contributed by atoms with Gasteiger partial charge >= 0.3 is 67.2 Å². The molecule has 27 heavy (non-hydrogen) atoms. The molecule has 0 heterocycles. The van der Waals surface area contributed by atoms with Crippen molar-refractivity contribution in [1.82, 2.24) is 0 Å². The second-order valence-corrected chi connectivity index (χ2v) is 4.58. The van der Waals surface area contributed by atoms with Crippen molar-refractivity contribution in [2.75, 3.05) is 0 Å². The summed E-state index contributed by atoms with van der Waals surface area (Å²) in [4.78, 5) is 0. The largest absolute Gasteiger partial charge is 2.00 e. The summed E-state index contributed by atoms with van der Waals surface area (Å²) in [5.74, 6) is -49.0. The minimum Gasteiger partial charge on any atom is -0.286 e. The molecule has 0 aliphatic rings. The van der Waals surface area contributed by atoms with E-state index < -0.39 is 47.8 Å². The van der Waals surface area contributed by atoms with Crippen molar-refractivity contribution < 1.29 is 94.1 Å². The Balaban J connectivity index is 0. The first-order valence-corrected chi connectivity index (χ1v) is 5.25. The number of hydrogen-bond donors (Lipinski definition) is 1. The number of alkyl halides is 17. The zero-order valence-electron chi connectivity index (χ0n) is 11.7. The van der Waals surface area contributed by atoms with E-state index in [1.807, 2.05) is 0 Å². The molecule has 0 saturated heterocycles. The van der Waals surface area contributed by atoms with E-state index in [-0.39, 0.29) is 19.5 Å². The molecule has 0 saturated carbocycles.